The van der Waals surface area contributed by atoms with Gasteiger partial charge in [-0.3, -0.25) is 4.79 Å². The van der Waals surface area contributed by atoms with E-state index in [-0.39, 0.29) is 17.9 Å². The maximum atomic E-state index is 12.5. The molecule has 1 N–H and O–H groups in total. The number of hydrogen-bond acceptors (Lipinski definition) is 6. The highest BCUT2D eigenvalue weighted by Gasteiger charge is 2.28. The van der Waals surface area contributed by atoms with Gasteiger partial charge in [0.15, 0.2) is 17.0 Å². The summed E-state index contributed by atoms with van der Waals surface area (Å²) < 4.78 is 7.88. The van der Waals surface area contributed by atoms with Crippen LogP contribution in [0.4, 0.5) is 5.82 Å². The van der Waals surface area contributed by atoms with Crippen LogP contribution in [0.5, 0.6) is 0 Å². The number of carbonyl (C=O) groups excluding carboxylic acids is 1. The monoisotopic (exact) mass is 398 g/mol. The van der Waals surface area contributed by atoms with Gasteiger partial charge < -0.3 is 19.5 Å². The van der Waals surface area contributed by atoms with Crippen molar-refractivity contribution in [2.45, 2.75) is 64.0 Å². The second-order valence-electron chi connectivity index (χ2n) is 8.50. The number of imidazole rings is 1. The molecular formula is C21H30N6O2. The van der Waals surface area contributed by atoms with Gasteiger partial charge in [-0.1, -0.05) is 6.42 Å². The maximum absolute atomic E-state index is 12.5. The number of carbonyl (C=O) groups is 1. The summed E-state index contributed by atoms with van der Waals surface area (Å²) in [6, 6.07) is 0. The normalized spacial score (nSPS) is 23.2. The fourth-order valence-corrected chi connectivity index (χ4v) is 4.87. The van der Waals surface area contributed by atoms with Crippen molar-refractivity contribution in [3.63, 3.8) is 0 Å². The third-order valence-electron chi connectivity index (χ3n) is 6.57. The summed E-state index contributed by atoms with van der Waals surface area (Å²) in [5.41, 5.74) is 1.88. The number of aromatic nitrogens is 4. The van der Waals surface area contributed by atoms with Gasteiger partial charge in [-0.15, -0.1) is 0 Å². The van der Waals surface area contributed by atoms with Crippen molar-refractivity contribution >= 4 is 22.9 Å². The lowest BCUT2D eigenvalue weighted by Gasteiger charge is -2.32. The Labute approximate surface area is 171 Å². The first-order valence-corrected chi connectivity index (χ1v) is 11.1. The average Bonchev–Trinajstić information content (AvgIpc) is 3.34. The number of nitrogens with one attached hydrogen (secondary N) is 1. The van der Waals surface area contributed by atoms with Crippen molar-refractivity contribution in [2.75, 3.05) is 31.1 Å². The molecule has 1 amide bonds. The van der Waals surface area contributed by atoms with E-state index in [0.717, 1.165) is 81.2 Å². The summed E-state index contributed by atoms with van der Waals surface area (Å²) in [7, 11) is 0. The molecule has 0 radical (unpaired) electrons. The molecule has 0 aromatic carbocycles. The van der Waals surface area contributed by atoms with Crippen LogP contribution in [0, 0.1) is 5.92 Å². The van der Waals surface area contributed by atoms with E-state index in [2.05, 4.69) is 24.8 Å². The van der Waals surface area contributed by atoms with E-state index in [1.165, 1.54) is 19.3 Å². The minimum Gasteiger partial charge on any atom is -0.376 e. The number of fused-ring (bicyclic) bond motifs is 3. The quantitative estimate of drug-likeness (QED) is 0.849. The topological polar surface area (TPSA) is 85.2 Å². The van der Waals surface area contributed by atoms with Crippen molar-refractivity contribution in [1.82, 2.24) is 24.8 Å². The van der Waals surface area contributed by atoms with Crippen molar-refractivity contribution in [2.24, 2.45) is 5.92 Å². The van der Waals surface area contributed by atoms with Gasteiger partial charge >= 0.3 is 0 Å². The van der Waals surface area contributed by atoms with Gasteiger partial charge in [0.05, 0.1) is 6.10 Å². The van der Waals surface area contributed by atoms with Crippen LogP contribution >= 0.6 is 0 Å². The third-order valence-corrected chi connectivity index (χ3v) is 6.57. The number of aryl methyl sites for hydroxylation is 2. The minimum absolute atomic E-state index is 0.0729. The summed E-state index contributed by atoms with van der Waals surface area (Å²) in [5.74, 6) is 2.31. The van der Waals surface area contributed by atoms with E-state index in [1.807, 2.05) is 0 Å². The van der Waals surface area contributed by atoms with E-state index in [1.54, 1.807) is 6.33 Å². The molecule has 5 heterocycles. The summed E-state index contributed by atoms with van der Waals surface area (Å²) in [5, 5.41) is 3.09. The molecule has 0 spiro atoms. The molecule has 5 rings (SSSR count). The van der Waals surface area contributed by atoms with Crippen LogP contribution in [0.2, 0.25) is 0 Å². The lowest BCUT2D eigenvalue weighted by Crippen LogP contribution is -2.42. The summed E-state index contributed by atoms with van der Waals surface area (Å²) in [6.07, 6.45) is 10.4. The SMILES string of the molecule is O=C(NCC1CCCO1)C1CCN(c2ncnc3c2nc2n3CCCCC2)CC1. The first-order chi connectivity index (χ1) is 14.3. The minimum atomic E-state index is 0.0729. The van der Waals surface area contributed by atoms with Gasteiger partial charge in [0.25, 0.3) is 0 Å². The predicted octanol–water partition coefficient (Wildman–Crippen LogP) is 2.06. The second-order valence-corrected chi connectivity index (χ2v) is 8.50. The smallest absolute Gasteiger partial charge is 0.223 e. The number of amides is 1. The molecule has 156 valence electrons. The Balaban J connectivity index is 1.25. The van der Waals surface area contributed by atoms with Crippen LogP contribution < -0.4 is 10.2 Å². The highest BCUT2D eigenvalue weighted by Crippen LogP contribution is 2.29. The molecule has 3 aliphatic heterocycles. The number of anilines is 1. The van der Waals surface area contributed by atoms with Crippen molar-refractivity contribution < 1.29 is 9.53 Å². The van der Waals surface area contributed by atoms with Crippen molar-refractivity contribution in [3.05, 3.63) is 12.2 Å². The molecule has 2 aromatic rings. The van der Waals surface area contributed by atoms with Crippen LogP contribution in [0.1, 0.15) is 50.8 Å². The molecule has 1 atom stereocenters. The van der Waals surface area contributed by atoms with Crippen molar-refractivity contribution in [3.8, 4) is 0 Å². The predicted molar refractivity (Wildman–Crippen MR) is 110 cm³/mol. The fourth-order valence-electron chi connectivity index (χ4n) is 4.87. The third kappa shape index (κ3) is 3.82. The number of rotatable bonds is 4. The molecule has 0 bridgehead atoms. The second kappa shape index (κ2) is 8.26. The van der Waals surface area contributed by atoms with E-state index in [4.69, 9.17) is 9.72 Å². The fraction of sp³-hybridized carbons (Fsp3) is 0.714. The Hall–Kier alpha value is -2.22. The Morgan fingerprint density at radius 1 is 1.10 bits per heavy atom. The Morgan fingerprint density at radius 3 is 2.83 bits per heavy atom. The first-order valence-electron chi connectivity index (χ1n) is 11.1. The van der Waals surface area contributed by atoms with Crippen LogP contribution in [0.25, 0.3) is 11.2 Å². The molecule has 1 unspecified atom stereocenters. The maximum Gasteiger partial charge on any atom is 0.223 e. The van der Waals surface area contributed by atoms with E-state index in [0.29, 0.717) is 6.54 Å². The number of piperidine rings is 1. The molecule has 0 saturated carbocycles. The van der Waals surface area contributed by atoms with Gasteiger partial charge in [0.2, 0.25) is 5.91 Å². The van der Waals surface area contributed by atoms with E-state index < -0.39 is 0 Å². The van der Waals surface area contributed by atoms with E-state index >= 15 is 0 Å². The Bertz CT molecular complexity index is 867. The summed E-state index contributed by atoms with van der Waals surface area (Å²) in [4.78, 5) is 28.9. The van der Waals surface area contributed by atoms with Gasteiger partial charge in [-0.25, -0.2) is 15.0 Å². The highest BCUT2D eigenvalue weighted by atomic mass is 16.5. The lowest BCUT2D eigenvalue weighted by molar-refractivity contribution is -0.126. The number of ether oxygens (including phenoxy) is 1. The number of nitrogens with zero attached hydrogens (tertiary/aromatic N) is 5. The Kier molecular flexibility index (Phi) is 5.35. The Morgan fingerprint density at radius 2 is 2.00 bits per heavy atom. The molecule has 0 aliphatic carbocycles. The zero-order valence-corrected chi connectivity index (χ0v) is 17.0. The molecule has 2 saturated heterocycles. The number of hydrogen-bond donors (Lipinski definition) is 1. The standard InChI is InChI=1S/C21H30N6O2/c28-21(22-13-16-5-4-12-29-16)15-7-10-26(11-8-15)19-18-20(24-14-23-19)27-9-3-1-2-6-17(27)25-18/h14-16H,1-13H2,(H,22,28). The molecule has 8 nitrogen and oxygen atoms in total. The zero-order chi connectivity index (χ0) is 19.6. The molecule has 2 fully saturated rings. The summed E-state index contributed by atoms with van der Waals surface area (Å²) >= 11 is 0. The lowest BCUT2D eigenvalue weighted by atomic mass is 9.95. The van der Waals surface area contributed by atoms with Crippen molar-refractivity contribution in [1.29, 1.82) is 0 Å². The highest BCUT2D eigenvalue weighted by molar-refractivity contribution is 5.84. The molecule has 8 heteroatoms. The van der Waals surface area contributed by atoms with Gasteiger partial charge in [0, 0.05) is 45.1 Å². The van der Waals surface area contributed by atoms with Gasteiger partial charge in [-0.2, -0.15) is 0 Å². The van der Waals surface area contributed by atoms with Gasteiger partial charge in [-0.05, 0) is 38.5 Å². The molecule has 3 aliphatic rings. The van der Waals surface area contributed by atoms with Crippen LogP contribution in [-0.2, 0) is 22.5 Å². The van der Waals surface area contributed by atoms with Crippen LogP contribution in [-0.4, -0.2) is 57.8 Å². The van der Waals surface area contributed by atoms with Crippen LogP contribution in [0.3, 0.4) is 0 Å². The molecule has 29 heavy (non-hydrogen) atoms. The summed E-state index contributed by atoms with van der Waals surface area (Å²) in [6.45, 7) is 4.11. The largest absolute Gasteiger partial charge is 0.376 e. The average molecular weight is 399 g/mol. The van der Waals surface area contributed by atoms with Crippen LogP contribution in [0.15, 0.2) is 6.33 Å². The van der Waals surface area contributed by atoms with Gasteiger partial charge in [0.1, 0.15) is 12.2 Å². The van der Waals surface area contributed by atoms with E-state index in [9.17, 15) is 4.79 Å². The zero-order valence-electron chi connectivity index (χ0n) is 17.0. The molecular weight excluding hydrogens is 368 g/mol. The first kappa shape index (κ1) is 18.8. The molecule has 2 aromatic heterocycles.